The van der Waals surface area contributed by atoms with Crippen LogP contribution in [0.4, 0.5) is 0 Å². The Kier molecular flexibility index (Phi) is 1.95. The Hall–Kier alpha value is -0.760. The summed E-state index contributed by atoms with van der Waals surface area (Å²) in [6.07, 6.45) is 4.74. The summed E-state index contributed by atoms with van der Waals surface area (Å²) in [5.41, 5.74) is 1.34. The van der Waals surface area contributed by atoms with E-state index in [0.717, 1.165) is 6.54 Å². The fraction of sp³-hybridized carbons (Fsp3) is 0.556. The molecule has 60 valence electrons. The minimum absolute atomic E-state index is 1.10. The average Bonchev–Trinajstić information content (AvgIpc) is 2.60. The molecule has 2 heterocycles. The van der Waals surface area contributed by atoms with E-state index < -0.39 is 0 Å². The number of nitrogens with one attached hydrogen (secondary N) is 1. The number of aromatic amines is 1. The lowest BCUT2D eigenvalue weighted by Crippen LogP contribution is -2.18. The van der Waals surface area contributed by atoms with Gasteiger partial charge in [0.2, 0.25) is 0 Å². The lowest BCUT2D eigenvalue weighted by atomic mass is 10.4. The summed E-state index contributed by atoms with van der Waals surface area (Å²) in [7, 11) is 0. The second-order valence-electron chi connectivity index (χ2n) is 3.18. The molecule has 1 N–H and O–H groups in total. The van der Waals surface area contributed by atoms with Gasteiger partial charge in [-0.15, -0.1) is 0 Å². The topological polar surface area (TPSA) is 19.0 Å². The molecule has 1 saturated heterocycles. The quantitative estimate of drug-likeness (QED) is 0.678. The third-order valence-electron chi connectivity index (χ3n) is 2.25. The zero-order chi connectivity index (χ0) is 7.52. The number of H-pyrrole nitrogens is 1. The van der Waals surface area contributed by atoms with Crippen molar-refractivity contribution >= 4 is 0 Å². The molecule has 0 aliphatic carbocycles. The van der Waals surface area contributed by atoms with Crippen molar-refractivity contribution in [1.82, 2.24) is 9.88 Å². The van der Waals surface area contributed by atoms with Gasteiger partial charge in [0.15, 0.2) is 0 Å². The van der Waals surface area contributed by atoms with Crippen LogP contribution in [0.3, 0.4) is 0 Å². The fourth-order valence-corrected chi connectivity index (χ4v) is 1.65. The van der Waals surface area contributed by atoms with Crippen molar-refractivity contribution in [2.45, 2.75) is 19.4 Å². The van der Waals surface area contributed by atoms with Gasteiger partial charge >= 0.3 is 0 Å². The van der Waals surface area contributed by atoms with Crippen LogP contribution in [0.25, 0.3) is 0 Å². The Bertz CT molecular complexity index is 197. The molecule has 0 radical (unpaired) electrons. The van der Waals surface area contributed by atoms with Crippen molar-refractivity contribution in [3.63, 3.8) is 0 Å². The van der Waals surface area contributed by atoms with E-state index in [-0.39, 0.29) is 0 Å². The molecule has 1 fully saturated rings. The lowest BCUT2D eigenvalue weighted by Gasteiger charge is -2.12. The maximum absolute atomic E-state index is 3.22. The van der Waals surface area contributed by atoms with Gasteiger partial charge in [-0.3, -0.25) is 4.90 Å². The number of rotatable bonds is 2. The molecule has 0 bridgehead atoms. The minimum Gasteiger partial charge on any atom is -0.364 e. The van der Waals surface area contributed by atoms with Crippen molar-refractivity contribution < 1.29 is 0 Å². The van der Waals surface area contributed by atoms with Gasteiger partial charge in [0.1, 0.15) is 0 Å². The van der Waals surface area contributed by atoms with Gasteiger partial charge < -0.3 is 4.98 Å². The van der Waals surface area contributed by atoms with Gasteiger partial charge in [-0.2, -0.15) is 0 Å². The highest BCUT2D eigenvalue weighted by atomic mass is 15.1. The summed E-state index contributed by atoms with van der Waals surface area (Å²) in [5.74, 6) is 0. The predicted octanol–water partition coefficient (Wildman–Crippen LogP) is 1.61. The summed E-state index contributed by atoms with van der Waals surface area (Å²) >= 11 is 0. The molecule has 1 aliphatic heterocycles. The van der Waals surface area contributed by atoms with E-state index in [1.807, 2.05) is 6.20 Å². The van der Waals surface area contributed by atoms with Crippen LogP contribution in [-0.4, -0.2) is 23.0 Å². The van der Waals surface area contributed by atoms with E-state index in [0.29, 0.717) is 0 Å². The maximum atomic E-state index is 3.22. The molecular formula is C9H14N2. The van der Waals surface area contributed by atoms with Crippen LogP contribution in [0.1, 0.15) is 18.5 Å². The molecule has 0 unspecified atom stereocenters. The number of likely N-dealkylation sites (tertiary alicyclic amines) is 1. The average molecular weight is 150 g/mol. The van der Waals surface area contributed by atoms with Crippen molar-refractivity contribution in [3.05, 3.63) is 24.0 Å². The van der Waals surface area contributed by atoms with Crippen molar-refractivity contribution in [3.8, 4) is 0 Å². The molecule has 0 atom stereocenters. The smallest absolute Gasteiger partial charge is 0.0385 e. The zero-order valence-electron chi connectivity index (χ0n) is 6.71. The highest BCUT2D eigenvalue weighted by Crippen LogP contribution is 2.10. The molecule has 2 nitrogen and oxygen atoms in total. The van der Waals surface area contributed by atoms with Crippen molar-refractivity contribution in [2.75, 3.05) is 13.1 Å². The van der Waals surface area contributed by atoms with Crippen LogP contribution in [-0.2, 0) is 6.54 Å². The van der Waals surface area contributed by atoms with E-state index in [1.54, 1.807) is 0 Å². The van der Waals surface area contributed by atoms with Gasteiger partial charge in [-0.05, 0) is 38.1 Å². The second kappa shape index (κ2) is 3.09. The predicted molar refractivity (Wildman–Crippen MR) is 45.3 cm³/mol. The summed E-state index contributed by atoms with van der Waals surface area (Å²) in [6, 6.07) is 4.21. The third kappa shape index (κ3) is 1.63. The van der Waals surface area contributed by atoms with E-state index in [4.69, 9.17) is 0 Å². The molecule has 0 aromatic carbocycles. The highest BCUT2D eigenvalue weighted by molar-refractivity contribution is 5.03. The summed E-state index contributed by atoms with van der Waals surface area (Å²) in [4.78, 5) is 5.71. The molecule has 0 spiro atoms. The normalized spacial score (nSPS) is 19.3. The van der Waals surface area contributed by atoms with E-state index in [2.05, 4.69) is 22.0 Å². The molecule has 0 saturated carbocycles. The highest BCUT2D eigenvalue weighted by Gasteiger charge is 2.11. The Morgan fingerprint density at radius 2 is 2.18 bits per heavy atom. The zero-order valence-corrected chi connectivity index (χ0v) is 6.71. The van der Waals surface area contributed by atoms with E-state index in [1.165, 1.54) is 31.6 Å². The van der Waals surface area contributed by atoms with Crippen LogP contribution in [0, 0.1) is 0 Å². The molecule has 0 amide bonds. The number of nitrogens with zero attached hydrogens (tertiary/aromatic N) is 1. The molecule has 2 heteroatoms. The molecular weight excluding hydrogens is 136 g/mol. The van der Waals surface area contributed by atoms with Gasteiger partial charge in [0.25, 0.3) is 0 Å². The number of hydrogen-bond acceptors (Lipinski definition) is 1. The molecule has 1 aromatic rings. The fourth-order valence-electron chi connectivity index (χ4n) is 1.65. The van der Waals surface area contributed by atoms with E-state index in [9.17, 15) is 0 Å². The van der Waals surface area contributed by atoms with Crippen LogP contribution >= 0.6 is 0 Å². The monoisotopic (exact) mass is 150 g/mol. The first-order chi connectivity index (χ1) is 5.45. The standard InChI is InChI=1S/C9H14N2/c1-2-7-11(6-1)8-9-4-3-5-10-9/h3-5,10H,1-2,6-8H2. The van der Waals surface area contributed by atoms with Gasteiger partial charge in [-0.1, -0.05) is 0 Å². The second-order valence-corrected chi connectivity index (χ2v) is 3.18. The number of hydrogen-bond donors (Lipinski definition) is 1. The Morgan fingerprint density at radius 3 is 2.82 bits per heavy atom. The SMILES string of the molecule is c1c[nH]c(CN2CCCC2)c1. The lowest BCUT2D eigenvalue weighted by molar-refractivity contribution is 0.328. The first kappa shape index (κ1) is 6.92. The third-order valence-corrected chi connectivity index (χ3v) is 2.25. The van der Waals surface area contributed by atoms with Crippen LogP contribution in [0.15, 0.2) is 18.3 Å². The Balaban J connectivity index is 1.90. The first-order valence-corrected chi connectivity index (χ1v) is 4.30. The van der Waals surface area contributed by atoms with E-state index >= 15 is 0 Å². The summed E-state index contributed by atoms with van der Waals surface area (Å²) in [6.45, 7) is 3.66. The summed E-state index contributed by atoms with van der Waals surface area (Å²) in [5, 5.41) is 0. The van der Waals surface area contributed by atoms with Crippen molar-refractivity contribution in [1.29, 1.82) is 0 Å². The van der Waals surface area contributed by atoms with Crippen molar-refractivity contribution in [2.24, 2.45) is 0 Å². The van der Waals surface area contributed by atoms with Gasteiger partial charge in [0.05, 0.1) is 0 Å². The Labute approximate surface area is 67.2 Å². The minimum atomic E-state index is 1.10. The number of aromatic nitrogens is 1. The van der Waals surface area contributed by atoms with Crippen LogP contribution in [0.2, 0.25) is 0 Å². The van der Waals surface area contributed by atoms with Gasteiger partial charge in [0, 0.05) is 18.4 Å². The molecule has 1 aromatic heterocycles. The first-order valence-electron chi connectivity index (χ1n) is 4.30. The maximum Gasteiger partial charge on any atom is 0.0385 e. The Morgan fingerprint density at radius 1 is 1.36 bits per heavy atom. The summed E-state index contributed by atoms with van der Waals surface area (Å²) < 4.78 is 0. The van der Waals surface area contributed by atoms with Crippen LogP contribution < -0.4 is 0 Å². The molecule has 2 rings (SSSR count). The molecule has 11 heavy (non-hydrogen) atoms. The largest absolute Gasteiger partial charge is 0.364 e. The molecule has 1 aliphatic rings. The van der Waals surface area contributed by atoms with Gasteiger partial charge in [-0.25, -0.2) is 0 Å². The van der Waals surface area contributed by atoms with Crippen LogP contribution in [0.5, 0.6) is 0 Å².